The van der Waals surface area contributed by atoms with E-state index in [-0.39, 0.29) is 0 Å². The fraction of sp³-hybridized carbons (Fsp3) is 0.333. The van der Waals surface area contributed by atoms with E-state index in [0.29, 0.717) is 6.61 Å². The van der Waals surface area contributed by atoms with Crippen LogP contribution in [0, 0.1) is 0 Å². The normalized spacial score (nSPS) is 10.6. The Morgan fingerprint density at radius 3 is 2.30 bits per heavy atom. The van der Waals surface area contributed by atoms with Crippen molar-refractivity contribution < 1.29 is 4.74 Å². The predicted octanol–water partition coefficient (Wildman–Crippen LogP) is 5.29. The van der Waals surface area contributed by atoms with Crippen molar-refractivity contribution in [1.29, 1.82) is 0 Å². The average molecular weight is 333 g/mol. The topological polar surface area (TPSA) is 9.23 Å². The maximum atomic E-state index is 6.08. The number of ether oxygens (including phenoxy) is 1. The van der Waals surface area contributed by atoms with E-state index in [1.807, 2.05) is 0 Å². The highest BCUT2D eigenvalue weighted by Gasteiger charge is 2.06. The predicted molar refractivity (Wildman–Crippen MR) is 88.6 cm³/mol. The van der Waals surface area contributed by atoms with Crippen LogP contribution >= 0.6 is 15.9 Å². The summed E-state index contributed by atoms with van der Waals surface area (Å²) >= 11 is 3.53. The Kier molecular flexibility index (Phi) is 5.66. The Morgan fingerprint density at radius 2 is 1.65 bits per heavy atom. The molecule has 2 heteroatoms. The second-order valence-corrected chi connectivity index (χ2v) is 5.40. The molecule has 20 heavy (non-hydrogen) atoms. The second kappa shape index (κ2) is 7.49. The van der Waals surface area contributed by atoms with E-state index in [9.17, 15) is 0 Å². The maximum absolute atomic E-state index is 6.08. The van der Waals surface area contributed by atoms with Crippen LogP contribution in [0.2, 0.25) is 0 Å². The van der Waals surface area contributed by atoms with Crippen LogP contribution in [-0.2, 0) is 24.8 Å². The molecule has 0 saturated heterocycles. The molecule has 0 radical (unpaired) electrons. The fourth-order valence-electron chi connectivity index (χ4n) is 2.23. The molecule has 0 N–H and O–H groups in total. The summed E-state index contributed by atoms with van der Waals surface area (Å²) < 4.78 is 6.08. The molecular formula is C18H21BrO. The first-order valence-electron chi connectivity index (χ1n) is 7.15. The van der Waals surface area contributed by atoms with Crippen LogP contribution in [0.25, 0.3) is 0 Å². The van der Waals surface area contributed by atoms with Gasteiger partial charge >= 0.3 is 0 Å². The third-order valence-electron chi connectivity index (χ3n) is 3.57. The van der Waals surface area contributed by atoms with Crippen LogP contribution < -0.4 is 4.74 Å². The van der Waals surface area contributed by atoms with Gasteiger partial charge in [-0.05, 0) is 41.2 Å². The van der Waals surface area contributed by atoms with Gasteiger partial charge < -0.3 is 4.74 Å². The molecule has 2 aromatic rings. The van der Waals surface area contributed by atoms with Gasteiger partial charge in [0.25, 0.3) is 0 Å². The van der Waals surface area contributed by atoms with Crippen molar-refractivity contribution in [2.75, 3.05) is 0 Å². The van der Waals surface area contributed by atoms with Crippen LogP contribution in [0.5, 0.6) is 5.75 Å². The van der Waals surface area contributed by atoms with Crippen molar-refractivity contribution in [1.82, 2.24) is 0 Å². The first-order chi connectivity index (χ1) is 9.78. The summed E-state index contributed by atoms with van der Waals surface area (Å²) in [6, 6.07) is 14.9. The third kappa shape index (κ3) is 3.63. The van der Waals surface area contributed by atoms with Crippen molar-refractivity contribution in [2.45, 2.75) is 38.6 Å². The van der Waals surface area contributed by atoms with Gasteiger partial charge in [0.2, 0.25) is 0 Å². The molecule has 0 fully saturated rings. The first-order valence-corrected chi connectivity index (χ1v) is 8.28. The smallest absolute Gasteiger partial charge is 0.123 e. The van der Waals surface area contributed by atoms with Crippen molar-refractivity contribution in [3.8, 4) is 5.75 Å². The van der Waals surface area contributed by atoms with Gasteiger partial charge in [0.15, 0.2) is 0 Å². The van der Waals surface area contributed by atoms with Gasteiger partial charge in [0.05, 0.1) is 0 Å². The Bertz CT molecular complexity index is 563. The van der Waals surface area contributed by atoms with Crippen molar-refractivity contribution in [2.24, 2.45) is 0 Å². The Hall–Kier alpha value is -1.28. The van der Waals surface area contributed by atoms with Crippen LogP contribution in [0.3, 0.4) is 0 Å². The van der Waals surface area contributed by atoms with Gasteiger partial charge in [-0.15, -0.1) is 0 Å². The molecule has 2 aromatic carbocycles. The van der Waals surface area contributed by atoms with E-state index in [1.165, 1.54) is 22.3 Å². The van der Waals surface area contributed by atoms with Crippen LogP contribution in [0.1, 0.15) is 36.1 Å². The average Bonchev–Trinajstić information content (AvgIpc) is 2.52. The minimum atomic E-state index is 0.627. The second-order valence-electron chi connectivity index (χ2n) is 4.84. The van der Waals surface area contributed by atoms with Gasteiger partial charge in [-0.1, -0.05) is 66.2 Å². The summed E-state index contributed by atoms with van der Waals surface area (Å²) in [5, 5.41) is 0.863. The van der Waals surface area contributed by atoms with Crippen LogP contribution in [0.15, 0.2) is 42.5 Å². The summed E-state index contributed by atoms with van der Waals surface area (Å²) in [5.41, 5.74) is 5.13. The van der Waals surface area contributed by atoms with Gasteiger partial charge in [-0.2, -0.15) is 0 Å². The summed E-state index contributed by atoms with van der Waals surface area (Å²) in [6.45, 7) is 4.97. The van der Waals surface area contributed by atoms with E-state index in [1.54, 1.807) is 0 Å². The molecule has 106 valence electrons. The lowest BCUT2D eigenvalue weighted by atomic mass is 10.1. The molecule has 0 heterocycles. The highest BCUT2D eigenvalue weighted by molar-refractivity contribution is 9.08. The molecule has 0 spiro atoms. The van der Waals surface area contributed by atoms with Crippen molar-refractivity contribution in [3.05, 3.63) is 64.7 Å². The van der Waals surface area contributed by atoms with E-state index < -0.39 is 0 Å². The Morgan fingerprint density at radius 1 is 0.900 bits per heavy atom. The monoisotopic (exact) mass is 332 g/mol. The van der Waals surface area contributed by atoms with Crippen LogP contribution in [-0.4, -0.2) is 0 Å². The molecule has 0 aromatic heterocycles. The molecule has 2 rings (SSSR count). The standard InChI is InChI=1S/C18H21BrO/c1-3-14-9-10-15(4-2)18(11-14)20-13-17-8-6-5-7-16(17)12-19/h5-11H,3-4,12-13H2,1-2H3. The lowest BCUT2D eigenvalue weighted by molar-refractivity contribution is 0.302. The minimum absolute atomic E-state index is 0.627. The zero-order valence-electron chi connectivity index (χ0n) is 12.2. The van der Waals surface area contributed by atoms with Gasteiger partial charge in [-0.3, -0.25) is 0 Å². The highest BCUT2D eigenvalue weighted by atomic mass is 79.9. The minimum Gasteiger partial charge on any atom is -0.489 e. The molecule has 0 saturated carbocycles. The molecule has 0 aliphatic carbocycles. The molecule has 0 aliphatic heterocycles. The molecule has 0 bridgehead atoms. The number of hydrogen-bond donors (Lipinski definition) is 0. The number of halogens is 1. The maximum Gasteiger partial charge on any atom is 0.123 e. The van der Waals surface area contributed by atoms with Gasteiger partial charge in [0.1, 0.15) is 12.4 Å². The molecule has 0 atom stereocenters. The van der Waals surface area contributed by atoms with Gasteiger partial charge in [0, 0.05) is 5.33 Å². The molecule has 0 aliphatic rings. The third-order valence-corrected chi connectivity index (χ3v) is 4.17. The summed E-state index contributed by atoms with van der Waals surface area (Å²) in [4.78, 5) is 0. The summed E-state index contributed by atoms with van der Waals surface area (Å²) in [5.74, 6) is 1.02. The number of aryl methyl sites for hydroxylation is 2. The van der Waals surface area contributed by atoms with Gasteiger partial charge in [-0.25, -0.2) is 0 Å². The molecule has 0 unspecified atom stereocenters. The quantitative estimate of drug-likeness (QED) is 0.653. The SMILES string of the molecule is CCc1ccc(CC)c(OCc2ccccc2CBr)c1. The first kappa shape index (κ1) is 15.1. The number of hydrogen-bond acceptors (Lipinski definition) is 1. The zero-order chi connectivity index (χ0) is 14.4. The van der Waals surface area contributed by atoms with E-state index >= 15 is 0 Å². The summed E-state index contributed by atoms with van der Waals surface area (Å²) in [7, 11) is 0. The molecule has 0 amide bonds. The number of benzene rings is 2. The number of rotatable bonds is 6. The Labute approximate surface area is 130 Å². The lowest BCUT2D eigenvalue weighted by Crippen LogP contribution is -2.01. The molecule has 1 nitrogen and oxygen atoms in total. The summed E-state index contributed by atoms with van der Waals surface area (Å²) in [6.07, 6.45) is 2.04. The number of alkyl halides is 1. The van der Waals surface area contributed by atoms with Crippen molar-refractivity contribution >= 4 is 15.9 Å². The van der Waals surface area contributed by atoms with Crippen LogP contribution in [0.4, 0.5) is 0 Å². The van der Waals surface area contributed by atoms with E-state index in [4.69, 9.17) is 4.74 Å². The largest absolute Gasteiger partial charge is 0.489 e. The molecular weight excluding hydrogens is 312 g/mol. The lowest BCUT2D eigenvalue weighted by Gasteiger charge is -2.13. The van der Waals surface area contributed by atoms with E-state index in [0.717, 1.165) is 23.9 Å². The van der Waals surface area contributed by atoms with Crippen molar-refractivity contribution in [3.63, 3.8) is 0 Å². The zero-order valence-corrected chi connectivity index (χ0v) is 13.7. The Balaban J connectivity index is 2.17. The fourth-order valence-corrected chi connectivity index (χ4v) is 2.78. The highest BCUT2D eigenvalue weighted by Crippen LogP contribution is 2.23. The van der Waals surface area contributed by atoms with E-state index in [2.05, 4.69) is 72.2 Å².